The minimum atomic E-state index is -0.313. The van der Waals surface area contributed by atoms with E-state index in [0.29, 0.717) is 18.3 Å². The second-order valence-corrected chi connectivity index (χ2v) is 10.2. The van der Waals surface area contributed by atoms with E-state index in [1.807, 2.05) is 30.6 Å². The van der Waals surface area contributed by atoms with E-state index in [1.54, 1.807) is 0 Å². The molecule has 1 spiro atoms. The van der Waals surface area contributed by atoms with Gasteiger partial charge in [-0.3, -0.25) is 9.69 Å². The van der Waals surface area contributed by atoms with Gasteiger partial charge in [-0.1, -0.05) is 31.9 Å². The monoisotopic (exact) mass is 500 g/mol. The topological polar surface area (TPSA) is 89.5 Å². The van der Waals surface area contributed by atoms with Gasteiger partial charge in [-0.15, -0.1) is 12.8 Å². The number of hydrogen-bond acceptors (Lipinski definition) is 8. The van der Waals surface area contributed by atoms with E-state index in [0.717, 1.165) is 56.1 Å². The van der Waals surface area contributed by atoms with Gasteiger partial charge in [0.25, 0.3) is 0 Å². The Morgan fingerprint density at radius 1 is 1.11 bits per heavy atom. The van der Waals surface area contributed by atoms with E-state index < -0.39 is 0 Å². The summed E-state index contributed by atoms with van der Waals surface area (Å²) in [6, 6.07) is 3.80. The Balaban J connectivity index is 0.00000137. The number of carbonyl (C=O) groups is 1. The molecule has 0 aromatic carbocycles. The van der Waals surface area contributed by atoms with Crippen LogP contribution in [-0.2, 0) is 4.79 Å². The number of carbonyl (C=O) groups excluding carboxylic acids is 1. The Morgan fingerprint density at radius 3 is 2.59 bits per heavy atom. The Morgan fingerprint density at radius 2 is 1.89 bits per heavy atom. The van der Waals surface area contributed by atoms with Crippen molar-refractivity contribution in [1.29, 1.82) is 0 Å². The second-order valence-electron chi connectivity index (χ2n) is 10.2. The highest BCUT2D eigenvalue weighted by Gasteiger charge is 2.50. The van der Waals surface area contributed by atoms with Crippen LogP contribution < -0.4 is 20.4 Å². The van der Waals surface area contributed by atoms with Crippen molar-refractivity contribution in [3.05, 3.63) is 36.2 Å². The third kappa shape index (κ3) is 4.86. The Hall–Kier alpha value is -3.64. The van der Waals surface area contributed by atoms with E-state index in [9.17, 15) is 4.79 Å². The van der Waals surface area contributed by atoms with Crippen molar-refractivity contribution < 1.29 is 4.79 Å². The third-order valence-electron chi connectivity index (χ3n) is 7.93. The predicted molar refractivity (Wildman–Crippen MR) is 148 cm³/mol. The predicted octanol–water partition coefficient (Wildman–Crippen LogP) is 3.04. The van der Waals surface area contributed by atoms with Gasteiger partial charge in [0.2, 0.25) is 11.9 Å². The molecule has 3 aliphatic heterocycles. The molecule has 2 N–H and O–H groups in total. The molecule has 194 valence electrons. The van der Waals surface area contributed by atoms with Crippen molar-refractivity contribution in [2.24, 2.45) is 0 Å². The lowest BCUT2D eigenvalue weighted by Crippen LogP contribution is -2.67. The molecule has 9 nitrogen and oxygen atoms in total. The number of amides is 1. The number of terminal acetylenes is 1. The van der Waals surface area contributed by atoms with Gasteiger partial charge in [-0.05, 0) is 37.9 Å². The molecule has 1 unspecified atom stereocenters. The quantitative estimate of drug-likeness (QED) is 0.606. The molecular weight excluding hydrogens is 464 g/mol. The van der Waals surface area contributed by atoms with E-state index in [1.165, 1.54) is 25.8 Å². The highest BCUT2D eigenvalue weighted by molar-refractivity contribution is 5.93. The molecule has 5 heterocycles. The van der Waals surface area contributed by atoms with Crippen LogP contribution in [-0.4, -0.2) is 76.6 Å². The Labute approximate surface area is 219 Å². The smallest absolute Gasteiger partial charge is 0.246 e. The first-order valence-electron chi connectivity index (χ1n) is 13.3. The summed E-state index contributed by atoms with van der Waals surface area (Å²) in [7, 11) is 0. The van der Waals surface area contributed by atoms with Crippen molar-refractivity contribution in [1.82, 2.24) is 25.2 Å². The normalized spacial score (nSPS) is 22.0. The fraction of sp³-hybridized carbons (Fsp3) is 0.500. The lowest BCUT2D eigenvalue weighted by Gasteiger charge is -2.50. The molecule has 4 aliphatic rings. The fourth-order valence-corrected chi connectivity index (χ4v) is 6.09. The van der Waals surface area contributed by atoms with Crippen LogP contribution in [0.3, 0.4) is 0 Å². The zero-order chi connectivity index (χ0) is 25.8. The van der Waals surface area contributed by atoms with Gasteiger partial charge in [-0.25, -0.2) is 9.97 Å². The fourth-order valence-electron chi connectivity index (χ4n) is 6.09. The Bertz CT molecular complexity index is 1150. The first-order chi connectivity index (χ1) is 18.1. The number of pyridine rings is 1. The van der Waals surface area contributed by atoms with E-state index in [2.05, 4.69) is 61.1 Å². The first kappa shape index (κ1) is 25.0. The van der Waals surface area contributed by atoms with Crippen molar-refractivity contribution in [3.8, 4) is 12.8 Å². The molecule has 3 fully saturated rings. The van der Waals surface area contributed by atoms with Gasteiger partial charge in [0, 0.05) is 44.5 Å². The molecule has 2 aromatic rings. The number of aromatic nitrogens is 3. The average Bonchev–Trinajstić information content (AvgIpc) is 3.42. The highest BCUT2D eigenvalue weighted by Crippen LogP contribution is 2.43. The van der Waals surface area contributed by atoms with Gasteiger partial charge in [0.1, 0.15) is 17.7 Å². The van der Waals surface area contributed by atoms with Crippen molar-refractivity contribution in [2.75, 3.05) is 54.4 Å². The van der Waals surface area contributed by atoms with Crippen LogP contribution in [0.4, 0.5) is 23.3 Å². The van der Waals surface area contributed by atoms with Crippen molar-refractivity contribution in [2.45, 2.75) is 50.6 Å². The summed E-state index contributed by atoms with van der Waals surface area (Å²) in [5.41, 5.74) is 2.04. The summed E-state index contributed by atoms with van der Waals surface area (Å²) in [5.74, 6) is 2.11. The van der Waals surface area contributed by atoms with Crippen LogP contribution in [0.5, 0.6) is 0 Å². The average molecular weight is 501 g/mol. The number of nitrogens with zero attached hydrogens (tertiary/aromatic N) is 6. The van der Waals surface area contributed by atoms with Crippen LogP contribution in [0.2, 0.25) is 0 Å². The maximum atomic E-state index is 12.7. The minimum absolute atomic E-state index is 0.0466. The third-order valence-corrected chi connectivity index (χ3v) is 7.93. The van der Waals surface area contributed by atoms with Crippen LogP contribution in [0.25, 0.3) is 6.08 Å². The van der Waals surface area contributed by atoms with Crippen LogP contribution in [0, 0.1) is 12.8 Å². The molecule has 1 atom stereocenters. The maximum absolute atomic E-state index is 12.7. The van der Waals surface area contributed by atoms with Crippen molar-refractivity contribution >= 4 is 35.3 Å². The standard InChI is InChI=1S/C26H34N8O.C2H2/c1-2-11-32-12-14-33(15-13-32)20-6-8-22(27-17-20)30-25-28-16-19-5-7-21-24(35)29-18-26(9-3-4-10-26)34(21)23(19)31-25;1-2/h5-8,16-17,21H,2-4,9-15,18H2,1H3,(H,29,35)(H,27,28,30,31);1-2H. The lowest BCUT2D eigenvalue weighted by atomic mass is 9.87. The molecular formula is C28H36N8O. The van der Waals surface area contributed by atoms with E-state index >= 15 is 0 Å². The molecule has 2 saturated heterocycles. The van der Waals surface area contributed by atoms with Crippen LogP contribution in [0.15, 0.2) is 30.6 Å². The summed E-state index contributed by atoms with van der Waals surface area (Å²) in [4.78, 5) is 34.0. The lowest BCUT2D eigenvalue weighted by molar-refractivity contribution is -0.123. The maximum Gasteiger partial charge on any atom is 0.246 e. The summed E-state index contributed by atoms with van der Waals surface area (Å²) in [5, 5.41) is 6.41. The summed E-state index contributed by atoms with van der Waals surface area (Å²) < 4.78 is 0. The molecule has 2 aromatic heterocycles. The van der Waals surface area contributed by atoms with Crippen molar-refractivity contribution in [3.63, 3.8) is 0 Å². The SMILES string of the molecule is C#C.CCCN1CCN(c2ccc(Nc3ncc4c(n3)N3C(C=C4)C(=O)NCC34CCCC4)nc2)CC1. The zero-order valence-corrected chi connectivity index (χ0v) is 21.6. The van der Waals surface area contributed by atoms with Gasteiger partial charge < -0.3 is 20.4 Å². The first-order valence-corrected chi connectivity index (χ1v) is 13.3. The largest absolute Gasteiger partial charge is 0.368 e. The number of piperazine rings is 2. The molecule has 1 aliphatic carbocycles. The number of nitrogens with one attached hydrogen (secondary N) is 2. The number of hydrogen-bond donors (Lipinski definition) is 2. The van der Waals surface area contributed by atoms with Gasteiger partial charge in [0.15, 0.2) is 0 Å². The minimum Gasteiger partial charge on any atom is -0.368 e. The zero-order valence-electron chi connectivity index (χ0n) is 21.6. The van der Waals surface area contributed by atoms with E-state index in [4.69, 9.17) is 4.98 Å². The molecule has 1 amide bonds. The van der Waals surface area contributed by atoms with Gasteiger partial charge >= 0.3 is 0 Å². The molecule has 6 rings (SSSR count). The Kier molecular flexibility index (Phi) is 7.28. The second kappa shape index (κ2) is 10.8. The van der Waals surface area contributed by atoms with Gasteiger partial charge in [-0.2, -0.15) is 4.98 Å². The van der Waals surface area contributed by atoms with E-state index in [-0.39, 0.29) is 17.5 Å². The number of fused-ring (bicyclic) bond motifs is 4. The van der Waals surface area contributed by atoms with Crippen LogP contribution >= 0.6 is 0 Å². The molecule has 0 bridgehead atoms. The number of rotatable bonds is 5. The summed E-state index contributed by atoms with van der Waals surface area (Å²) in [6.07, 6.45) is 21.4. The molecule has 9 heteroatoms. The van der Waals surface area contributed by atoms with Crippen LogP contribution in [0.1, 0.15) is 44.6 Å². The highest BCUT2D eigenvalue weighted by atomic mass is 16.2. The summed E-state index contributed by atoms with van der Waals surface area (Å²) in [6.45, 7) is 8.35. The molecule has 37 heavy (non-hydrogen) atoms. The molecule has 0 radical (unpaired) electrons. The summed E-state index contributed by atoms with van der Waals surface area (Å²) >= 11 is 0. The number of anilines is 4. The molecule has 1 saturated carbocycles. The van der Waals surface area contributed by atoms with Gasteiger partial charge in [0.05, 0.1) is 17.4 Å².